The van der Waals surface area contributed by atoms with Crippen LogP contribution in [-0.4, -0.2) is 30.2 Å². The van der Waals surface area contributed by atoms with Crippen molar-refractivity contribution in [3.8, 4) is 11.4 Å². The van der Waals surface area contributed by atoms with Gasteiger partial charge in [0, 0.05) is 23.0 Å². The van der Waals surface area contributed by atoms with Crippen LogP contribution in [0.15, 0.2) is 42.5 Å². The normalized spacial score (nSPS) is 11.5. The second-order valence-corrected chi connectivity index (χ2v) is 6.71. The summed E-state index contributed by atoms with van der Waals surface area (Å²) >= 11 is 6.12. The molecule has 2 aromatic heterocycles. The fourth-order valence-electron chi connectivity index (χ4n) is 2.95. The van der Waals surface area contributed by atoms with Crippen LogP contribution < -0.4 is 0 Å². The Bertz CT molecular complexity index is 1000. The minimum atomic E-state index is 0.324. The minimum absolute atomic E-state index is 0.324. The summed E-state index contributed by atoms with van der Waals surface area (Å²) in [5.41, 5.74) is 4.14. The maximum absolute atomic E-state index is 6.12. The molecule has 0 radical (unpaired) electrons. The third-order valence-corrected chi connectivity index (χ3v) is 4.39. The maximum atomic E-state index is 6.12. The van der Waals surface area contributed by atoms with Crippen LogP contribution in [0.1, 0.15) is 31.2 Å². The molecule has 2 aromatic carbocycles. The molecule has 0 unspecified atom stereocenters. The summed E-state index contributed by atoms with van der Waals surface area (Å²) < 4.78 is 2.25. The number of nitrogens with one attached hydrogen (secondary N) is 1. The monoisotopic (exact) mass is 352 g/mol. The molecule has 25 heavy (non-hydrogen) atoms. The van der Waals surface area contributed by atoms with Crippen molar-refractivity contribution in [1.82, 2.24) is 30.2 Å². The van der Waals surface area contributed by atoms with Gasteiger partial charge in [0.15, 0.2) is 0 Å². The quantitative estimate of drug-likeness (QED) is 0.601. The molecule has 126 valence electrons. The molecule has 0 bridgehead atoms. The van der Waals surface area contributed by atoms with Crippen LogP contribution in [-0.2, 0) is 6.54 Å². The van der Waals surface area contributed by atoms with Crippen molar-refractivity contribution >= 4 is 22.6 Å². The van der Waals surface area contributed by atoms with Gasteiger partial charge < -0.3 is 4.57 Å². The molecule has 0 amide bonds. The number of aromatic amines is 1. The van der Waals surface area contributed by atoms with Gasteiger partial charge in [0.1, 0.15) is 5.82 Å². The second-order valence-electron chi connectivity index (χ2n) is 6.28. The Balaban J connectivity index is 1.71. The number of hydrogen-bond donors (Lipinski definition) is 1. The van der Waals surface area contributed by atoms with Crippen molar-refractivity contribution in [1.29, 1.82) is 0 Å². The SMILES string of the molecule is CC(C)c1nc2cc(Cl)ccc2n1Cc1ccc(-c2nn[nH]n2)cc1. The molecule has 0 aliphatic rings. The number of hydrogen-bond acceptors (Lipinski definition) is 4. The zero-order valence-corrected chi connectivity index (χ0v) is 14.7. The van der Waals surface area contributed by atoms with E-state index < -0.39 is 0 Å². The van der Waals surface area contributed by atoms with Crippen molar-refractivity contribution in [3.05, 3.63) is 58.9 Å². The number of rotatable bonds is 4. The zero-order valence-electron chi connectivity index (χ0n) is 13.9. The van der Waals surface area contributed by atoms with E-state index >= 15 is 0 Å². The van der Waals surface area contributed by atoms with E-state index in [-0.39, 0.29) is 0 Å². The van der Waals surface area contributed by atoms with E-state index in [2.05, 4.69) is 51.2 Å². The highest BCUT2D eigenvalue weighted by molar-refractivity contribution is 6.31. The lowest BCUT2D eigenvalue weighted by Gasteiger charge is -2.12. The summed E-state index contributed by atoms with van der Waals surface area (Å²) in [6.07, 6.45) is 0. The average Bonchev–Trinajstić information content (AvgIpc) is 3.24. The number of imidazole rings is 1. The lowest BCUT2D eigenvalue weighted by molar-refractivity contribution is 0.683. The highest BCUT2D eigenvalue weighted by atomic mass is 35.5. The number of benzene rings is 2. The lowest BCUT2D eigenvalue weighted by Crippen LogP contribution is -2.06. The minimum Gasteiger partial charge on any atom is -0.323 e. The van der Waals surface area contributed by atoms with Crippen molar-refractivity contribution in [2.75, 3.05) is 0 Å². The fraction of sp³-hybridized carbons (Fsp3) is 0.222. The van der Waals surface area contributed by atoms with Crippen molar-refractivity contribution in [2.24, 2.45) is 0 Å². The van der Waals surface area contributed by atoms with Gasteiger partial charge in [0.05, 0.1) is 11.0 Å². The van der Waals surface area contributed by atoms with Gasteiger partial charge in [-0.1, -0.05) is 49.7 Å². The molecule has 0 saturated heterocycles. The van der Waals surface area contributed by atoms with E-state index in [1.807, 2.05) is 30.3 Å². The molecular formula is C18H17ClN6. The van der Waals surface area contributed by atoms with E-state index in [0.717, 1.165) is 29.0 Å². The Morgan fingerprint density at radius 3 is 2.60 bits per heavy atom. The van der Waals surface area contributed by atoms with Gasteiger partial charge in [-0.2, -0.15) is 5.21 Å². The Morgan fingerprint density at radius 2 is 1.92 bits per heavy atom. The number of halogens is 1. The first-order valence-corrected chi connectivity index (χ1v) is 8.48. The Labute approximate surface area is 149 Å². The highest BCUT2D eigenvalue weighted by Gasteiger charge is 2.14. The third-order valence-electron chi connectivity index (χ3n) is 4.15. The molecule has 0 saturated carbocycles. The number of fused-ring (bicyclic) bond motifs is 1. The molecule has 2 heterocycles. The van der Waals surface area contributed by atoms with Gasteiger partial charge in [-0.25, -0.2) is 4.98 Å². The molecule has 0 fully saturated rings. The molecule has 0 aliphatic heterocycles. The van der Waals surface area contributed by atoms with Gasteiger partial charge >= 0.3 is 0 Å². The molecule has 7 heteroatoms. The van der Waals surface area contributed by atoms with E-state index in [0.29, 0.717) is 16.8 Å². The predicted molar refractivity (Wildman–Crippen MR) is 97.5 cm³/mol. The summed E-state index contributed by atoms with van der Waals surface area (Å²) in [6.45, 7) is 5.05. The second kappa shape index (κ2) is 6.29. The maximum Gasteiger partial charge on any atom is 0.204 e. The van der Waals surface area contributed by atoms with Gasteiger partial charge in [-0.05, 0) is 29.0 Å². The van der Waals surface area contributed by atoms with Crippen molar-refractivity contribution in [2.45, 2.75) is 26.3 Å². The largest absolute Gasteiger partial charge is 0.323 e. The Morgan fingerprint density at radius 1 is 1.12 bits per heavy atom. The van der Waals surface area contributed by atoms with E-state index in [1.54, 1.807) is 0 Å². The fourth-order valence-corrected chi connectivity index (χ4v) is 3.12. The number of H-pyrrole nitrogens is 1. The summed E-state index contributed by atoms with van der Waals surface area (Å²) in [6, 6.07) is 14.0. The van der Waals surface area contributed by atoms with Crippen LogP contribution in [0.5, 0.6) is 0 Å². The summed E-state index contributed by atoms with van der Waals surface area (Å²) in [4.78, 5) is 4.77. The molecule has 0 atom stereocenters. The van der Waals surface area contributed by atoms with Crippen LogP contribution in [0, 0.1) is 0 Å². The van der Waals surface area contributed by atoms with Gasteiger partial charge in [-0.3, -0.25) is 0 Å². The van der Waals surface area contributed by atoms with E-state index in [9.17, 15) is 0 Å². The first-order valence-electron chi connectivity index (χ1n) is 8.10. The number of nitrogens with zero attached hydrogens (tertiary/aromatic N) is 5. The average molecular weight is 353 g/mol. The third kappa shape index (κ3) is 3.00. The van der Waals surface area contributed by atoms with Crippen LogP contribution in [0.4, 0.5) is 0 Å². The first-order chi connectivity index (χ1) is 12.1. The summed E-state index contributed by atoms with van der Waals surface area (Å²) in [7, 11) is 0. The molecule has 0 spiro atoms. The molecule has 4 rings (SSSR count). The molecule has 4 aromatic rings. The Hall–Kier alpha value is -2.73. The molecule has 1 N–H and O–H groups in total. The van der Waals surface area contributed by atoms with Crippen molar-refractivity contribution in [3.63, 3.8) is 0 Å². The van der Waals surface area contributed by atoms with E-state index in [1.165, 1.54) is 5.56 Å². The zero-order chi connectivity index (χ0) is 17.4. The van der Waals surface area contributed by atoms with E-state index in [4.69, 9.17) is 16.6 Å². The standard InChI is InChI=1S/C18H17ClN6/c1-11(2)18-20-15-9-14(19)7-8-16(15)25(18)10-12-3-5-13(6-4-12)17-21-23-24-22-17/h3-9,11H,10H2,1-2H3,(H,21,22,23,24). The van der Waals surface area contributed by atoms with Gasteiger partial charge in [-0.15, -0.1) is 10.2 Å². The Kier molecular flexibility index (Phi) is 3.97. The van der Waals surface area contributed by atoms with Crippen molar-refractivity contribution < 1.29 is 0 Å². The predicted octanol–water partition coefficient (Wildman–Crippen LogP) is 4.04. The van der Waals surface area contributed by atoms with Gasteiger partial charge in [0.2, 0.25) is 5.82 Å². The summed E-state index contributed by atoms with van der Waals surface area (Å²) in [5.74, 6) is 1.97. The molecule has 6 nitrogen and oxygen atoms in total. The topological polar surface area (TPSA) is 72.3 Å². The number of tetrazole rings is 1. The van der Waals surface area contributed by atoms with Crippen LogP contribution in [0.3, 0.4) is 0 Å². The highest BCUT2D eigenvalue weighted by Crippen LogP contribution is 2.26. The first kappa shape index (κ1) is 15.8. The molecular weight excluding hydrogens is 336 g/mol. The van der Waals surface area contributed by atoms with Crippen LogP contribution in [0.25, 0.3) is 22.4 Å². The van der Waals surface area contributed by atoms with Crippen LogP contribution >= 0.6 is 11.6 Å². The summed E-state index contributed by atoms with van der Waals surface area (Å²) in [5, 5.41) is 14.8. The smallest absolute Gasteiger partial charge is 0.204 e. The lowest BCUT2D eigenvalue weighted by atomic mass is 10.1. The van der Waals surface area contributed by atoms with Gasteiger partial charge in [0.25, 0.3) is 0 Å². The number of aromatic nitrogens is 6. The van der Waals surface area contributed by atoms with Crippen LogP contribution in [0.2, 0.25) is 5.02 Å². The molecule has 0 aliphatic carbocycles.